The van der Waals surface area contributed by atoms with E-state index in [-0.39, 0.29) is 11.6 Å². The number of aryl methyl sites for hydroxylation is 1. The van der Waals surface area contributed by atoms with Crippen molar-refractivity contribution in [1.82, 2.24) is 0 Å². The van der Waals surface area contributed by atoms with Crippen molar-refractivity contribution in [3.63, 3.8) is 0 Å². The summed E-state index contributed by atoms with van der Waals surface area (Å²) >= 11 is 6.33. The first-order chi connectivity index (χ1) is 8.97. The van der Waals surface area contributed by atoms with Gasteiger partial charge < -0.3 is 5.32 Å². The average molecular weight is 391 g/mol. The number of hydrogen-bond acceptors (Lipinski definition) is 1. The van der Waals surface area contributed by atoms with Gasteiger partial charge in [0.2, 0.25) is 0 Å². The quantitative estimate of drug-likeness (QED) is 0.738. The van der Waals surface area contributed by atoms with Crippen molar-refractivity contribution in [2.24, 2.45) is 0 Å². The third-order valence-electron chi connectivity index (χ3n) is 2.75. The van der Waals surface area contributed by atoms with Gasteiger partial charge in [-0.05, 0) is 52.7 Å². The minimum atomic E-state index is -0.343. The normalized spacial score (nSPS) is 10.6. The lowest BCUT2D eigenvalue weighted by Crippen LogP contribution is -2.03. The maximum absolute atomic E-state index is 13.6. The highest BCUT2D eigenvalue weighted by Crippen LogP contribution is 2.25. The second-order valence-electron chi connectivity index (χ2n) is 4.17. The molecule has 0 radical (unpaired) electrons. The molecule has 0 aliphatic heterocycles. The predicted molar refractivity (Wildman–Crippen MR) is 80.3 cm³/mol. The van der Waals surface area contributed by atoms with E-state index in [9.17, 15) is 8.78 Å². The Morgan fingerprint density at radius 1 is 1.05 bits per heavy atom. The van der Waals surface area contributed by atoms with Crippen LogP contribution < -0.4 is 5.32 Å². The van der Waals surface area contributed by atoms with Crippen LogP contribution in [0.2, 0.25) is 0 Å². The van der Waals surface area contributed by atoms with E-state index in [0.717, 1.165) is 5.56 Å². The molecule has 0 bridgehead atoms. The third-order valence-corrected chi connectivity index (χ3v) is 3.85. The minimum absolute atomic E-state index is 0.294. The van der Waals surface area contributed by atoms with Crippen molar-refractivity contribution in [1.29, 1.82) is 0 Å². The molecule has 2 aromatic rings. The second kappa shape index (κ2) is 6.01. The summed E-state index contributed by atoms with van der Waals surface area (Å²) in [6.07, 6.45) is 0. The highest BCUT2D eigenvalue weighted by atomic mass is 79.9. The summed E-state index contributed by atoms with van der Waals surface area (Å²) in [5, 5.41) is 3.04. The van der Waals surface area contributed by atoms with Crippen LogP contribution in [0.5, 0.6) is 0 Å². The number of halogens is 4. The lowest BCUT2D eigenvalue weighted by atomic mass is 10.1. The summed E-state index contributed by atoms with van der Waals surface area (Å²) in [6.45, 7) is 2.17. The van der Waals surface area contributed by atoms with Crippen molar-refractivity contribution in [2.45, 2.75) is 13.5 Å². The lowest BCUT2D eigenvalue weighted by Gasteiger charge is -2.11. The topological polar surface area (TPSA) is 12.0 Å². The van der Waals surface area contributed by atoms with Gasteiger partial charge in [-0.3, -0.25) is 0 Å². The summed E-state index contributed by atoms with van der Waals surface area (Å²) in [4.78, 5) is 0. The Bertz CT molecular complexity index is 615. The smallest absolute Gasteiger partial charge is 0.139 e. The highest BCUT2D eigenvalue weighted by molar-refractivity contribution is 9.10. The standard InChI is InChI=1S/C14H11Br2F2N/c1-8-4-11(16)13(18)6-14(8)19-7-9-2-3-10(15)5-12(9)17/h2-6,19H,7H2,1H3. The van der Waals surface area contributed by atoms with Gasteiger partial charge in [0.25, 0.3) is 0 Å². The molecule has 2 rings (SSSR count). The molecule has 0 aliphatic rings. The summed E-state index contributed by atoms with van der Waals surface area (Å²) < 4.78 is 28.2. The van der Waals surface area contributed by atoms with Crippen LogP contribution in [0.3, 0.4) is 0 Å². The summed E-state index contributed by atoms with van der Waals surface area (Å²) in [5.74, 6) is -0.638. The SMILES string of the molecule is Cc1cc(Br)c(F)cc1NCc1ccc(Br)cc1F. The van der Waals surface area contributed by atoms with Gasteiger partial charge in [0, 0.05) is 22.3 Å². The van der Waals surface area contributed by atoms with Gasteiger partial charge in [-0.15, -0.1) is 0 Å². The average Bonchev–Trinajstić information content (AvgIpc) is 2.34. The van der Waals surface area contributed by atoms with Crippen LogP contribution in [-0.4, -0.2) is 0 Å². The Balaban J connectivity index is 2.16. The van der Waals surface area contributed by atoms with Crippen molar-refractivity contribution >= 4 is 37.5 Å². The molecule has 0 aliphatic carbocycles. The van der Waals surface area contributed by atoms with Crippen LogP contribution in [0.25, 0.3) is 0 Å². The number of hydrogen-bond donors (Lipinski definition) is 1. The molecule has 19 heavy (non-hydrogen) atoms. The fourth-order valence-electron chi connectivity index (χ4n) is 1.69. The molecule has 0 amide bonds. The van der Waals surface area contributed by atoms with E-state index >= 15 is 0 Å². The Hall–Kier alpha value is -0.940. The molecule has 0 heterocycles. The van der Waals surface area contributed by atoms with Gasteiger partial charge >= 0.3 is 0 Å². The van der Waals surface area contributed by atoms with Crippen LogP contribution in [0.15, 0.2) is 39.3 Å². The number of nitrogens with one attached hydrogen (secondary N) is 1. The molecule has 0 fully saturated rings. The van der Waals surface area contributed by atoms with E-state index < -0.39 is 0 Å². The fourth-order valence-corrected chi connectivity index (χ4v) is 2.48. The molecule has 1 N–H and O–H groups in total. The van der Waals surface area contributed by atoms with Crippen LogP contribution in [0, 0.1) is 18.6 Å². The zero-order valence-corrected chi connectivity index (χ0v) is 13.3. The molecule has 5 heteroatoms. The Kier molecular flexibility index (Phi) is 4.58. The van der Waals surface area contributed by atoms with Crippen LogP contribution in [0.4, 0.5) is 14.5 Å². The minimum Gasteiger partial charge on any atom is -0.381 e. The molecule has 0 spiro atoms. The van der Waals surface area contributed by atoms with E-state index in [1.54, 1.807) is 18.2 Å². The fraction of sp³-hybridized carbons (Fsp3) is 0.143. The summed E-state index contributed by atoms with van der Waals surface area (Å²) in [6, 6.07) is 7.96. The van der Waals surface area contributed by atoms with Crippen LogP contribution in [0.1, 0.15) is 11.1 Å². The van der Waals surface area contributed by atoms with Gasteiger partial charge in [0.1, 0.15) is 11.6 Å². The molecule has 0 saturated heterocycles. The van der Waals surface area contributed by atoms with Gasteiger partial charge in [0.15, 0.2) is 0 Å². The predicted octanol–water partition coefficient (Wildman–Crippen LogP) is 5.41. The van der Waals surface area contributed by atoms with Gasteiger partial charge in [0.05, 0.1) is 4.47 Å². The maximum atomic E-state index is 13.6. The van der Waals surface area contributed by atoms with E-state index in [2.05, 4.69) is 37.2 Å². The monoisotopic (exact) mass is 389 g/mol. The van der Waals surface area contributed by atoms with E-state index in [1.807, 2.05) is 6.92 Å². The van der Waals surface area contributed by atoms with E-state index in [1.165, 1.54) is 12.1 Å². The van der Waals surface area contributed by atoms with E-state index in [4.69, 9.17) is 0 Å². The second-order valence-corrected chi connectivity index (χ2v) is 5.94. The van der Waals surface area contributed by atoms with Crippen LogP contribution >= 0.6 is 31.9 Å². The highest BCUT2D eigenvalue weighted by Gasteiger charge is 2.07. The first-order valence-corrected chi connectivity index (χ1v) is 7.19. The number of benzene rings is 2. The molecule has 2 aromatic carbocycles. The van der Waals surface area contributed by atoms with Gasteiger partial charge in [-0.1, -0.05) is 22.0 Å². The Labute approximate surface area is 127 Å². The van der Waals surface area contributed by atoms with E-state index in [0.29, 0.717) is 26.7 Å². The zero-order valence-electron chi connectivity index (χ0n) is 10.1. The molecular weight excluding hydrogens is 380 g/mol. The largest absolute Gasteiger partial charge is 0.381 e. The van der Waals surface area contributed by atoms with Gasteiger partial charge in [-0.25, -0.2) is 8.78 Å². The summed E-state index contributed by atoms with van der Waals surface area (Å²) in [5.41, 5.74) is 2.08. The summed E-state index contributed by atoms with van der Waals surface area (Å²) in [7, 11) is 0. The first-order valence-electron chi connectivity index (χ1n) is 5.61. The molecule has 0 atom stereocenters. The molecule has 0 aromatic heterocycles. The molecule has 100 valence electrons. The van der Waals surface area contributed by atoms with Crippen molar-refractivity contribution in [3.8, 4) is 0 Å². The maximum Gasteiger partial charge on any atom is 0.139 e. The zero-order chi connectivity index (χ0) is 14.0. The Morgan fingerprint density at radius 3 is 2.47 bits per heavy atom. The van der Waals surface area contributed by atoms with Crippen molar-refractivity contribution in [3.05, 3.63) is 62.0 Å². The molecule has 0 saturated carbocycles. The lowest BCUT2D eigenvalue weighted by molar-refractivity contribution is 0.611. The third kappa shape index (κ3) is 3.54. The Morgan fingerprint density at radius 2 is 1.79 bits per heavy atom. The number of rotatable bonds is 3. The van der Waals surface area contributed by atoms with Crippen molar-refractivity contribution in [2.75, 3.05) is 5.32 Å². The number of anilines is 1. The molecular formula is C14H11Br2F2N. The first kappa shape index (κ1) is 14.5. The van der Waals surface area contributed by atoms with Crippen LogP contribution in [-0.2, 0) is 6.54 Å². The van der Waals surface area contributed by atoms with Gasteiger partial charge in [-0.2, -0.15) is 0 Å². The van der Waals surface area contributed by atoms with Crippen molar-refractivity contribution < 1.29 is 8.78 Å². The molecule has 0 unspecified atom stereocenters. The molecule has 1 nitrogen and oxygen atoms in total.